The molecular weight excluding hydrogens is 318 g/mol. The third-order valence-electron chi connectivity index (χ3n) is 2.91. The summed E-state index contributed by atoms with van der Waals surface area (Å²) in [5, 5.41) is 17.2. The van der Waals surface area contributed by atoms with Crippen LogP contribution in [0.5, 0.6) is 0 Å². The van der Waals surface area contributed by atoms with E-state index in [-0.39, 0.29) is 23.1 Å². The number of nitrogens with one attached hydrogen (secondary N) is 3. The van der Waals surface area contributed by atoms with Gasteiger partial charge in [0.25, 0.3) is 5.91 Å². The lowest BCUT2D eigenvalue weighted by Crippen LogP contribution is -2.55. The van der Waals surface area contributed by atoms with Gasteiger partial charge in [-0.2, -0.15) is 0 Å². The van der Waals surface area contributed by atoms with Crippen molar-refractivity contribution >= 4 is 46.3 Å². The van der Waals surface area contributed by atoms with Crippen molar-refractivity contribution in [1.29, 1.82) is 0 Å². The standard InChI is InChI=1S/C12H14ClN3O4S/c1-5(17)14-7-4-8(13)21-10(7)12(20)15-6-2-3-9(18)16-11(6)19/h4,6,11,19H,2-3H2,1H3,(H,14,17)(H,15,20)(H,16,18). The molecule has 0 spiro atoms. The van der Waals surface area contributed by atoms with Crippen LogP contribution in [0.2, 0.25) is 4.34 Å². The maximum absolute atomic E-state index is 12.2. The van der Waals surface area contributed by atoms with Crippen molar-refractivity contribution in [3.8, 4) is 0 Å². The van der Waals surface area contributed by atoms with Gasteiger partial charge in [0.2, 0.25) is 11.8 Å². The number of rotatable bonds is 3. The van der Waals surface area contributed by atoms with Crippen molar-refractivity contribution in [2.75, 3.05) is 5.32 Å². The van der Waals surface area contributed by atoms with Gasteiger partial charge in [0.1, 0.15) is 11.1 Å². The van der Waals surface area contributed by atoms with Gasteiger partial charge in [0.15, 0.2) is 0 Å². The molecule has 2 unspecified atom stereocenters. The van der Waals surface area contributed by atoms with Crippen LogP contribution in [-0.2, 0) is 9.59 Å². The third kappa shape index (κ3) is 3.93. The van der Waals surface area contributed by atoms with Gasteiger partial charge in [-0.25, -0.2) is 0 Å². The summed E-state index contributed by atoms with van der Waals surface area (Å²) < 4.78 is 0.362. The van der Waals surface area contributed by atoms with Crippen LogP contribution in [0.3, 0.4) is 0 Å². The number of anilines is 1. The molecule has 1 saturated heterocycles. The van der Waals surface area contributed by atoms with E-state index in [2.05, 4.69) is 16.0 Å². The van der Waals surface area contributed by atoms with Gasteiger partial charge in [0, 0.05) is 13.3 Å². The normalized spacial score (nSPS) is 21.6. The van der Waals surface area contributed by atoms with Gasteiger partial charge < -0.3 is 21.1 Å². The highest BCUT2D eigenvalue weighted by molar-refractivity contribution is 7.18. The first kappa shape index (κ1) is 15.7. The Labute approximate surface area is 129 Å². The van der Waals surface area contributed by atoms with Crippen molar-refractivity contribution in [1.82, 2.24) is 10.6 Å². The topological polar surface area (TPSA) is 108 Å². The molecule has 114 valence electrons. The zero-order chi connectivity index (χ0) is 15.6. The smallest absolute Gasteiger partial charge is 0.263 e. The van der Waals surface area contributed by atoms with Gasteiger partial charge in [-0.15, -0.1) is 11.3 Å². The maximum atomic E-state index is 12.2. The molecule has 0 bridgehead atoms. The summed E-state index contributed by atoms with van der Waals surface area (Å²) in [5.41, 5.74) is 0.323. The molecule has 7 nitrogen and oxygen atoms in total. The maximum Gasteiger partial charge on any atom is 0.263 e. The Morgan fingerprint density at radius 2 is 2.24 bits per heavy atom. The summed E-state index contributed by atoms with van der Waals surface area (Å²) in [6.45, 7) is 1.33. The number of aliphatic hydroxyl groups is 1. The lowest BCUT2D eigenvalue weighted by atomic mass is 10.1. The lowest BCUT2D eigenvalue weighted by molar-refractivity contribution is -0.127. The summed E-state index contributed by atoms with van der Waals surface area (Å²) >= 11 is 6.89. The second-order valence-electron chi connectivity index (χ2n) is 4.61. The zero-order valence-corrected chi connectivity index (χ0v) is 12.7. The number of hydrogen-bond acceptors (Lipinski definition) is 5. The Morgan fingerprint density at radius 3 is 2.86 bits per heavy atom. The molecule has 2 rings (SSSR count). The number of piperidine rings is 1. The number of carbonyl (C=O) groups is 3. The van der Waals surface area contributed by atoms with Gasteiger partial charge in [-0.05, 0) is 12.5 Å². The second kappa shape index (κ2) is 6.42. The van der Waals surface area contributed by atoms with Crippen molar-refractivity contribution < 1.29 is 19.5 Å². The van der Waals surface area contributed by atoms with Crippen LogP contribution >= 0.6 is 22.9 Å². The number of halogens is 1. The fraction of sp³-hybridized carbons (Fsp3) is 0.417. The van der Waals surface area contributed by atoms with Crippen LogP contribution in [0.1, 0.15) is 29.4 Å². The van der Waals surface area contributed by atoms with Crippen LogP contribution in [-0.4, -0.2) is 35.1 Å². The predicted octanol–water partition coefficient (Wildman–Crippen LogP) is 0.687. The molecule has 0 radical (unpaired) electrons. The number of hydrogen-bond donors (Lipinski definition) is 4. The van der Waals surface area contributed by atoms with Crippen LogP contribution in [0, 0.1) is 0 Å². The van der Waals surface area contributed by atoms with Crippen molar-refractivity contribution in [3.63, 3.8) is 0 Å². The minimum Gasteiger partial charge on any atom is -0.372 e. The minimum absolute atomic E-state index is 0.228. The molecule has 0 aromatic carbocycles. The van der Waals surface area contributed by atoms with Crippen LogP contribution in [0.4, 0.5) is 5.69 Å². The SMILES string of the molecule is CC(=O)Nc1cc(Cl)sc1C(=O)NC1CCC(=O)NC1O. The van der Waals surface area contributed by atoms with E-state index in [9.17, 15) is 19.5 Å². The molecule has 1 aliphatic heterocycles. The summed E-state index contributed by atoms with van der Waals surface area (Å²) in [5.74, 6) is -1.04. The second-order valence-corrected chi connectivity index (χ2v) is 6.29. The summed E-state index contributed by atoms with van der Waals surface area (Å²) in [6.07, 6.45) is -0.561. The Hall–Kier alpha value is -1.64. The number of amides is 3. The zero-order valence-electron chi connectivity index (χ0n) is 11.1. The average molecular weight is 332 g/mol. The van der Waals surface area contributed by atoms with Gasteiger partial charge in [-0.3, -0.25) is 14.4 Å². The van der Waals surface area contributed by atoms with E-state index in [0.717, 1.165) is 11.3 Å². The molecule has 2 atom stereocenters. The quantitative estimate of drug-likeness (QED) is 0.653. The van der Waals surface area contributed by atoms with E-state index in [0.29, 0.717) is 16.4 Å². The molecule has 1 aromatic heterocycles. The molecule has 2 heterocycles. The summed E-state index contributed by atoms with van der Waals surface area (Å²) in [6, 6.07) is 0.906. The van der Waals surface area contributed by atoms with E-state index in [4.69, 9.17) is 11.6 Å². The van der Waals surface area contributed by atoms with E-state index < -0.39 is 18.2 Å². The number of thiophene rings is 1. The molecule has 4 N–H and O–H groups in total. The molecular formula is C12H14ClN3O4S. The summed E-state index contributed by atoms with van der Waals surface area (Å²) in [4.78, 5) is 34.7. The predicted molar refractivity (Wildman–Crippen MR) is 78.3 cm³/mol. The highest BCUT2D eigenvalue weighted by atomic mass is 35.5. The van der Waals surface area contributed by atoms with Crippen molar-refractivity contribution in [2.24, 2.45) is 0 Å². The highest BCUT2D eigenvalue weighted by Gasteiger charge is 2.29. The van der Waals surface area contributed by atoms with Gasteiger partial charge >= 0.3 is 0 Å². The first-order valence-corrected chi connectivity index (χ1v) is 7.41. The molecule has 1 fully saturated rings. The number of aliphatic hydroxyl groups excluding tert-OH is 1. The first-order valence-electron chi connectivity index (χ1n) is 6.22. The average Bonchev–Trinajstić information content (AvgIpc) is 2.73. The van der Waals surface area contributed by atoms with E-state index in [1.54, 1.807) is 0 Å². The fourth-order valence-corrected chi connectivity index (χ4v) is 3.06. The lowest BCUT2D eigenvalue weighted by Gasteiger charge is -2.28. The Kier molecular flexibility index (Phi) is 4.81. The molecule has 9 heteroatoms. The third-order valence-corrected chi connectivity index (χ3v) is 4.17. The van der Waals surface area contributed by atoms with E-state index >= 15 is 0 Å². The molecule has 3 amide bonds. The molecule has 1 aromatic rings. The first-order chi connectivity index (χ1) is 9.86. The van der Waals surface area contributed by atoms with E-state index in [1.807, 2.05) is 0 Å². The van der Waals surface area contributed by atoms with Crippen molar-refractivity contribution in [2.45, 2.75) is 32.0 Å². The Morgan fingerprint density at radius 1 is 1.52 bits per heavy atom. The molecule has 21 heavy (non-hydrogen) atoms. The van der Waals surface area contributed by atoms with Crippen LogP contribution in [0.25, 0.3) is 0 Å². The molecule has 1 aliphatic rings. The fourth-order valence-electron chi connectivity index (χ4n) is 1.98. The summed E-state index contributed by atoms with van der Waals surface area (Å²) in [7, 11) is 0. The van der Waals surface area contributed by atoms with Crippen LogP contribution in [0.15, 0.2) is 6.07 Å². The number of carbonyl (C=O) groups excluding carboxylic acids is 3. The highest BCUT2D eigenvalue weighted by Crippen LogP contribution is 2.31. The molecule has 0 saturated carbocycles. The largest absolute Gasteiger partial charge is 0.372 e. The van der Waals surface area contributed by atoms with Gasteiger partial charge in [0.05, 0.1) is 16.1 Å². The van der Waals surface area contributed by atoms with E-state index in [1.165, 1.54) is 13.0 Å². The monoisotopic (exact) mass is 331 g/mol. The molecule has 0 aliphatic carbocycles. The van der Waals surface area contributed by atoms with Gasteiger partial charge in [-0.1, -0.05) is 11.6 Å². The Balaban J connectivity index is 2.09. The minimum atomic E-state index is -1.13. The van der Waals surface area contributed by atoms with Crippen LogP contribution < -0.4 is 16.0 Å². The van der Waals surface area contributed by atoms with Crippen molar-refractivity contribution in [3.05, 3.63) is 15.3 Å². The Bertz CT molecular complexity index is 589.